The molecule has 1 fully saturated rings. The lowest BCUT2D eigenvalue weighted by Crippen LogP contribution is -2.50. The molecule has 4 heterocycles. The molecule has 3 aromatic heterocycles. The molecule has 0 radical (unpaired) electrons. The van der Waals surface area contributed by atoms with Crippen LogP contribution in [0.2, 0.25) is 0 Å². The quantitative estimate of drug-likeness (QED) is 0.548. The number of piperazine rings is 1. The minimum Gasteiger partial charge on any atom is -0.461 e. The number of aryl methyl sites for hydroxylation is 1. The van der Waals surface area contributed by atoms with Gasteiger partial charge in [-0.15, -0.1) is 15.3 Å². The van der Waals surface area contributed by atoms with Crippen LogP contribution in [0.3, 0.4) is 0 Å². The zero-order chi connectivity index (χ0) is 21.2. The average Bonchev–Trinajstić information content (AvgIpc) is 3.49. The molecule has 31 heavy (non-hydrogen) atoms. The molecule has 1 aromatic carbocycles. The summed E-state index contributed by atoms with van der Waals surface area (Å²) in [6, 6.07) is 15.3. The number of nitrogens with zero attached hydrogens (tertiary/aromatic N) is 6. The van der Waals surface area contributed by atoms with E-state index in [1.165, 1.54) is 0 Å². The number of amides is 2. The summed E-state index contributed by atoms with van der Waals surface area (Å²) in [6.45, 7) is 4.71. The van der Waals surface area contributed by atoms with Crippen LogP contribution in [-0.4, -0.2) is 56.9 Å². The number of rotatable bonds is 4. The van der Waals surface area contributed by atoms with Crippen molar-refractivity contribution in [3.8, 4) is 11.6 Å². The molecule has 0 spiro atoms. The van der Waals surface area contributed by atoms with Crippen molar-refractivity contribution in [1.29, 1.82) is 0 Å². The largest absolute Gasteiger partial charge is 0.461 e. The van der Waals surface area contributed by atoms with E-state index in [4.69, 9.17) is 9.52 Å². The van der Waals surface area contributed by atoms with E-state index in [9.17, 15) is 4.79 Å². The van der Waals surface area contributed by atoms with Gasteiger partial charge in [-0.25, -0.2) is 4.79 Å². The van der Waals surface area contributed by atoms with Gasteiger partial charge < -0.3 is 19.5 Å². The molecule has 9 nitrogen and oxygen atoms in total. The first-order valence-corrected chi connectivity index (χ1v) is 10.4. The van der Waals surface area contributed by atoms with E-state index in [1.807, 2.05) is 53.4 Å². The van der Waals surface area contributed by atoms with Crippen molar-refractivity contribution in [1.82, 2.24) is 24.7 Å². The number of hydrogen-bond acceptors (Lipinski definition) is 6. The Bertz CT molecular complexity index is 1190. The Kier molecular flexibility index (Phi) is 4.99. The third-order valence-corrected chi connectivity index (χ3v) is 5.52. The van der Waals surface area contributed by atoms with Gasteiger partial charge in [-0.1, -0.05) is 25.1 Å². The van der Waals surface area contributed by atoms with Gasteiger partial charge in [-0.2, -0.15) is 4.52 Å². The fraction of sp³-hybridized carbons (Fsp3) is 0.273. The van der Waals surface area contributed by atoms with Gasteiger partial charge in [0.2, 0.25) is 5.82 Å². The first-order valence-electron chi connectivity index (χ1n) is 10.4. The fourth-order valence-electron chi connectivity index (χ4n) is 3.79. The maximum absolute atomic E-state index is 12.7. The third-order valence-electron chi connectivity index (χ3n) is 5.52. The van der Waals surface area contributed by atoms with Crippen molar-refractivity contribution in [2.24, 2.45) is 0 Å². The molecule has 4 aromatic rings. The van der Waals surface area contributed by atoms with Crippen molar-refractivity contribution < 1.29 is 9.21 Å². The molecule has 0 bridgehead atoms. The number of carbonyl (C=O) groups excluding carboxylic acids is 1. The maximum Gasteiger partial charge on any atom is 0.321 e. The van der Waals surface area contributed by atoms with Crippen LogP contribution in [-0.2, 0) is 6.42 Å². The second-order valence-corrected chi connectivity index (χ2v) is 7.38. The second-order valence-electron chi connectivity index (χ2n) is 7.38. The highest BCUT2D eigenvalue weighted by Gasteiger charge is 2.23. The zero-order valence-corrected chi connectivity index (χ0v) is 17.2. The minimum absolute atomic E-state index is 0.0668. The lowest BCUT2D eigenvalue weighted by atomic mass is 10.1. The number of nitrogens with one attached hydrogen (secondary N) is 1. The van der Waals surface area contributed by atoms with E-state index in [2.05, 4.69) is 27.3 Å². The summed E-state index contributed by atoms with van der Waals surface area (Å²) in [6.07, 6.45) is 2.48. The molecule has 1 aliphatic rings. The van der Waals surface area contributed by atoms with Gasteiger partial charge in [0.25, 0.3) is 0 Å². The predicted octanol–water partition coefficient (Wildman–Crippen LogP) is 3.30. The Labute approximate surface area is 179 Å². The average molecular weight is 417 g/mol. The fourth-order valence-corrected chi connectivity index (χ4v) is 3.79. The number of aromatic nitrogens is 4. The summed E-state index contributed by atoms with van der Waals surface area (Å²) in [5.41, 5.74) is 2.67. The summed E-state index contributed by atoms with van der Waals surface area (Å²) >= 11 is 0. The standard InChI is InChI=1S/C22H23N7O2/c1-2-16-6-3-4-7-17(16)23-22(30)28-13-11-27(12-14-28)20-10-9-19-24-25-21(29(19)26-20)18-8-5-15-31-18/h3-10,15H,2,11-14H2,1H3,(H,23,30). The lowest BCUT2D eigenvalue weighted by Gasteiger charge is -2.35. The number of hydrogen-bond donors (Lipinski definition) is 1. The summed E-state index contributed by atoms with van der Waals surface area (Å²) in [4.78, 5) is 16.7. The van der Waals surface area contributed by atoms with Gasteiger partial charge in [0.05, 0.1) is 6.26 Å². The SMILES string of the molecule is CCc1ccccc1NC(=O)N1CCN(c2ccc3nnc(-c4ccco4)n3n2)CC1. The number of carbonyl (C=O) groups is 1. The van der Waals surface area contributed by atoms with E-state index in [1.54, 1.807) is 10.8 Å². The van der Waals surface area contributed by atoms with Crippen LogP contribution < -0.4 is 10.2 Å². The van der Waals surface area contributed by atoms with Crippen LogP contribution >= 0.6 is 0 Å². The molecule has 1 aliphatic heterocycles. The minimum atomic E-state index is -0.0668. The first kappa shape index (κ1) is 19.1. The maximum atomic E-state index is 12.7. The monoisotopic (exact) mass is 417 g/mol. The van der Waals surface area contributed by atoms with Gasteiger partial charge in [0, 0.05) is 31.9 Å². The van der Waals surface area contributed by atoms with Crippen molar-refractivity contribution in [2.75, 3.05) is 36.4 Å². The van der Waals surface area contributed by atoms with Gasteiger partial charge in [-0.3, -0.25) is 0 Å². The smallest absolute Gasteiger partial charge is 0.321 e. The number of para-hydroxylation sites is 1. The summed E-state index contributed by atoms with van der Waals surface area (Å²) in [7, 11) is 0. The summed E-state index contributed by atoms with van der Waals surface area (Å²) in [5.74, 6) is 2.00. The molecule has 0 saturated carbocycles. The van der Waals surface area contributed by atoms with Crippen molar-refractivity contribution in [3.63, 3.8) is 0 Å². The van der Waals surface area contributed by atoms with Crippen LogP contribution in [0, 0.1) is 0 Å². The van der Waals surface area contributed by atoms with E-state index < -0.39 is 0 Å². The van der Waals surface area contributed by atoms with Crippen molar-refractivity contribution in [2.45, 2.75) is 13.3 Å². The molecule has 9 heteroatoms. The molecule has 2 amide bonds. The normalized spacial score (nSPS) is 14.2. The molecule has 1 saturated heterocycles. The highest BCUT2D eigenvalue weighted by Crippen LogP contribution is 2.21. The Balaban J connectivity index is 1.28. The number of furan rings is 1. The number of anilines is 2. The summed E-state index contributed by atoms with van der Waals surface area (Å²) in [5, 5.41) is 16.1. The van der Waals surface area contributed by atoms with Crippen molar-refractivity contribution in [3.05, 3.63) is 60.4 Å². The number of urea groups is 1. The van der Waals surface area contributed by atoms with Crippen LogP contribution in [0.25, 0.3) is 17.2 Å². The van der Waals surface area contributed by atoms with Gasteiger partial charge >= 0.3 is 6.03 Å². The van der Waals surface area contributed by atoms with Crippen LogP contribution in [0.1, 0.15) is 12.5 Å². The van der Waals surface area contributed by atoms with E-state index >= 15 is 0 Å². The first-order chi connectivity index (χ1) is 15.2. The molecule has 0 unspecified atom stereocenters. The Hall–Kier alpha value is -3.88. The highest BCUT2D eigenvalue weighted by molar-refractivity contribution is 5.90. The lowest BCUT2D eigenvalue weighted by molar-refractivity contribution is 0.208. The molecule has 0 aliphatic carbocycles. The van der Waals surface area contributed by atoms with Crippen LogP contribution in [0.15, 0.2) is 59.2 Å². The Morgan fingerprint density at radius 1 is 1.03 bits per heavy atom. The second kappa shape index (κ2) is 8.10. The number of fused-ring (bicyclic) bond motifs is 1. The highest BCUT2D eigenvalue weighted by atomic mass is 16.3. The van der Waals surface area contributed by atoms with E-state index in [0.29, 0.717) is 43.4 Å². The van der Waals surface area contributed by atoms with Crippen LogP contribution in [0.4, 0.5) is 16.3 Å². The summed E-state index contributed by atoms with van der Waals surface area (Å²) < 4.78 is 7.14. The molecule has 1 N–H and O–H groups in total. The third kappa shape index (κ3) is 3.70. The van der Waals surface area contributed by atoms with E-state index in [0.717, 1.165) is 23.5 Å². The molecule has 0 atom stereocenters. The Morgan fingerprint density at radius 3 is 2.65 bits per heavy atom. The molecular weight excluding hydrogens is 394 g/mol. The van der Waals surface area contributed by atoms with Gasteiger partial charge in [0.1, 0.15) is 5.82 Å². The van der Waals surface area contributed by atoms with Crippen LogP contribution in [0.5, 0.6) is 0 Å². The van der Waals surface area contributed by atoms with E-state index in [-0.39, 0.29) is 6.03 Å². The van der Waals surface area contributed by atoms with Crippen molar-refractivity contribution >= 4 is 23.2 Å². The zero-order valence-electron chi connectivity index (χ0n) is 17.2. The number of benzene rings is 1. The predicted molar refractivity (Wildman–Crippen MR) is 117 cm³/mol. The topological polar surface area (TPSA) is 91.8 Å². The molecule has 158 valence electrons. The molecule has 5 rings (SSSR count). The van der Waals surface area contributed by atoms with Gasteiger partial charge in [0.15, 0.2) is 11.4 Å². The van der Waals surface area contributed by atoms with Gasteiger partial charge in [-0.05, 0) is 42.3 Å². The Morgan fingerprint density at radius 2 is 1.87 bits per heavy atom. The molecular formula is C22H23N7O2.